The van der Waals surface area contributed by atoms with Gasteiger partial charge in [0.2, 0.25) is 0 Å². The van der Waals surface area contributed by atoms with Gasteiger partial charge in [0.25, 0.3) is 5.56 Å². The number of aromatic nitrogens is 3. The lowest BCUT2D eigenvalue weighted by Crippen LogP contribution is -2.33. The SMILES string of the molecule is COC(=O)C1CC(OC(=O)c2cnc3c(c2)c(=O)[nH]c(=O)n3C2CC2)CN1C. The van der Waals surface area contributed by atoms with Gasteiger partial charge < -0.3 is 9.47 Å². The van der Waals surface area contributed by atoms with Crippen LogP contribution in [0.15, 0.2) is 21.9 Å². The van der Waals surface area contributed by atoms with Gasteiger partial charge in [-0.3, -0.25) is 24.0 Å². The van der Waals surface area contributed by atoms with Gasteiger partial charge in [0.15, 0.2) is 0 Å². The summed E-state index contributed by atoms with van der Waals surface area (Å²) >= 11 is 0. The van der Waals surface area contributed by atoms with E-state index in [1.54, 1.807) is 11.9 Å². The zero-order chi connectivity index (χ0) is 20.0. The number of esters is 2. The van der Waals surface area contributed by atoms with Gasteiger partial charge in [-0.2, -0.15) is 0 Å². The molecule has 2 fully saturated rings. The van der Waals surface area contributed by atoms with E-state index < -0.39 is 29.4 Å². The lowest BCUT2D eigenvalue weighted by atomic mass is 10.2. The highest BCUT2D eigenvalue weighted by molar-refractivity contribution is 5.93. The van der Waals surface area contributed by atoms with Crippen LogP contribution in [0.5, 0.6) is 0 Å². The van der Waals surface area contributed by atoms with E-state index in [-0.39, 0.29) is 28.6 Å². The average molecular weight is 388 g/mol. The Morgan fingerprint density at radius 2 is 2.04 bits per heavy atom. The van der Waals surface area contributed by atoms with Crippen molar-refractivity contribution in [1.29, 1.82) is 0 Å². The van der Waals surface area contributed by atoms with Crippen molar-refractivity contribution in [3.63, 3.8) is 0 Å². The Kier molecular flexibility index (Phi) is 4.50. The van der Waals surface area contributed by atoms with Crippen LogP contribution in [-0.4, -0.2) is 64.2 Å². The first-order chi connectivity index (χ1) is 13.4. The predicted octanol–water partition coefficient (Wildman–Crippen LogP) is -0.178. The van der Waals surface area contributed by atoms with Crippen LogP contribution in [0, 0.1) is 0 Å². The van der Waals surface area contributed by atoms with Crippen molar-refractivity contribution in [3.8, 4) is 0 Å². The molecule has 1 aliphatic heterocycles. The van der Waals surface area contributed by atoms with Crippen LogP contribution in [0.4, 0.5) is 0 Å². The quantitative estimate of drug-likeness (QED) is 0.716. The number of carbonyl (C=O) groups excluding carboxylic acids is 2. The lowest BCUT2D eigenvalue weighted by molar-refractivity contribution is -0.145. The van der Waals surface area contributed by atoms with E-state index in [0.29, 0.717) is 13.0 Å². The fourth-order valence-electron chi connectivity index (χ4n) is 3.59. The van der Waals surface area contributed by atoms with E-state index in [0.717, 1.165) is 12.8 Å². The standard InChI is InChI=1S/C18H20N4O6/c1-21-8-11(6-13(21)17(25)27-2)28-16(24)9-5-12-14(19-7-9)22(10-3-4-10)18(26)20-15(12)23/h5,7,10-11,13H,3-4,6,8H2,1-2H3,(H,20,23,26). The zero-order valence-corrected chi connectivity index (χ0v) is 15.5. The van der Waals surface area contributed by atoms with Crippen LogP contribution in [0.2, 0.25) is 0 Å². The van der Waals surface area contributed by atoms with Crippen molar-refractivity contribution in [2.75, 3.05) is 20.7 Å². The van der Waals surface area contributed by atoms with Crippen molar-refractivity contribution < 1.29 is 19.1 Å². The van der Waals surface area contributed by atoms with E-state index in [4.69, 9.17) is 9.47 Å². The van der Waals surface area contributed by atoms with E-state index in [2.05, 4.69) is 9.97 Å². The number of methoxy groups -OCH3 is 1. The van der Waals surface area contributed by atoms with Gasteiger partial charge in [0, 0.05) is 25.2 Å². The first-order valence-electron chi connectivity index (χ1n) is 9.02. The zero-order valence-electron chi connectivity index (χ0n) is 15.5. The van der Waals surface area contributed by atoms with E-state index in [9.17, 15) is 19.2 Å². The minimum atomic E-state index is -0.637. The molecule has 1 aliphatic carbocycles. The molecule has 1 saturated heterocycles. The third-order valence-corrected chi connectivity index (χ3v) is 5.18. The van der Waals surface area contributed by atoms with E-state index in [1.807, 2.05) is 0 Å². The Bertz CT molecular complexity index is 1070. The fraction of sp³-hybridized carbons (Fsp3) is 0.500. The minimum Gasteiger partial charge on any atom is -0.468 e. The normalized spacial score (nSPS) is 22.4. The first kappa shape index (κ1) is 18.4. The Hall–Kier alpha value is -3.01. The van der Waals surface area contributed by atoms with Crippen LogP contribution < -0.4 is 11.2 Å². The number of rotatable bonds is 4. The van der Waals surface area contributed by atoms with Gasteiger partial charge in [-0.1, -0.05) is 0 Å². The van der Waals surface area contributed by atoms with Crippen molar-refractivity contribution in [2.24, 2.45) is 0 Å². The van der Waals surface area contributed by atoms with Crippen molar-refractivity contribution in [1.82, 2.24) is 19.4 Å². The molecule has 148 valence electrons. The molecule has 1 saturated carbocycles. The van der Waals surface area contributed by atoms with Crippen LogP contribution in [0.3, 0.4) is 0 Å². The molecule has 2 atom stereocenters. The number of nitrogens with one attached hydrogen (secondary N) is 1. The number of fused-ring (bicyclic) bond motifs is 1. The Balaban J connectivity index is 1.58. The molecule has 0 bridgehead atoms. The number of hydrogen-bond acceptors (Lipinski definition) is 8. The molecule has 28 heavy (non-hydrogen) atoms. The first-order valence-corrected chi connectivity index (χ1v) is 9.02. The third-order valence-electron chi connectivity index (χ3n) is 5.18. The molecule has 0 radical (unpaired) electrons. The summed E-state index contributed by atoms with van der Waals surface area (Å²) in [6.07, 6.45) is 2.86. The number of carbonyl (C=O) groups is 2. The van der Waals surface area contributed by atoms with Crippen LogP contribution >= 0.6 is 0 Å². The number of nitrogens with zero attached hydrogens (tertiary/aromatic N) is 3. The van der Waals surface area contributed by atoms with E-state index in [1.165, 1.54) is 23.9 Å². The summed E-state index contributed by atoms with van der Waals surface area (Å²) in [5.74, 6) is -1.01. The lowest BCUT2D eigenvalue weighted by Gasteiger charge is -2.15. The Morgan fingerprint density at radius 1 is 1.29 bits per heavy atom. The maximum atomic E-state index is 12.5. The molecule has 0 aromatic carbocycles. The van der Waals surface area contributed by atoms with Gasteiger partial charge >= 0.3 is 17.6 Å². The highest BCUT2D eigenvalue weighted by atomic mass is 16.5. The predicted molar refractivity (Wildman–Crippen MR) is 97.1 cm³/mol. The number of pyridine rings is 1. The summed E-state index contributed by atoms with van der Waals surface area (Å²) in [7, 11) is 3.07. The molecule has 2 aromatic heterocycles. The summed E-state index contributed by atoms with van der Waals surface area (Å²) in [4.78, 5) is 56.8. The molecule has 10 nitrogen and oxygen atoms in total. The fourth-order valence-corrected chi connectivity index (χ4v) is 3.59. The number of likely N-dealkylation sites (tertiary alicyclic amines) is 1. The highest BCUT2D eigenvalue weighted by Gasteiger charge is 2.37. The molecule has 2 aliphatic rings. The largest absolute Gasteiger partial charge is 0.468 e. The average Bonchev–Trinajstić information content (AvgIpc) is 3.43. The van der Waals surface area contributed by atoms with Gasteiger partial charge in [0.1, 0.15) is 17.8 Å². The summed E-state index contributed by atoms with van der Waals surface area (Å²) in [5.41, 5.74) is -0.710. The molecular weight excluding hydrogens is 368 g/mol. The molecule has 2 unspecified atom stereocenters. The van der Waals surface area contributed by atoms with Crippen molar-refractivity contribution in [3.05, 3.63) is 38.7 Å². The number of ether oxygens (including phenoxy) is 2. The minimum absolute atomic E-state index is 0.0291. The summed E-state index contributed by atoms with van der Waals surface area (Å²) in [5, 5.41) is 0.164. The van der Waals surface area contributed by atoms with Crippen molar-refractivity contribution in [2.45, 2.75) is 37.5 Å². The van der Waals surface area contributed by atoms with Crippen LogP contribution in [0.1, 0.15) is 35.7 Å². The summed E-state index contributed by atoms with van der Waals surface area (Å²) in [6.45, 7) is 0.397. The highest BCUT2D eigenvalue weighted by Crippen LogP contribution is 2.34. The van der Waals surface area contributed by atoms with Gasteiger partial charge in [0.05, 0.1) is 18.1 Å². The maximum absolute atomic E-state index is 12.5. The van der Waals surface area contributed by atoms with E-state index >= 15 is 0 Å². The van der Waals surface area contributed by atoms with Gasteiger partial charge in [-0.15, -0.1) is 0 Å². The maximum Gasteiger partial charge on any atom is 0.340 e. The second-order valence-corrected chi connectivity index (χ2v) is 7.20. The van der Waals surface area contributed by atoms with Crippen LogP contribution in [0.25, 0.3) is 11.0 Å². The molecule has 10 heteroatoms. The molecule has 1 N–H and O–H groups in total. The van der Waals surface area contributed by atoms with Gasteiger partial charge in [-0.05, 0) is 26.0 Å². The topological polar surface area (TPSA) is 124 Å². The number of aromatic amines is 1. The monoisotopic (exact) mass is 388 g/mol. The summed E-state index contributed by atoms with van der Waals surface area (Å²) in [6, 6.07) is 0.952. The second kappa shape index (κ2) is 6.86. The van der Waals surface area contributed by atoms with Crippen molar-refractivity contribution >= 4 is 23.0 Å². The second-order valence-electron chi connectivity index (χ2n) is 7.20. The molecule has 0 amide bonds. The molecule has 3 heterocycles. The molecular formula is C18H20N4O6. The van der Waals surface area contributed by atoms with Gasteiger partial charge in [-0.25, -0.2) is 14.6 Å². The molecule has 2 aromatic rings. The Morgan fingerprint density at radius 3 is 2.71 bits per heavy atom. The van der Waals surface area contributed by atoms with Crippen LogP contribution in [-0.2, 0) is 14.3 Å². The summed E-state index contributed by atoms with van der Waals surface area (Å²) < 4.78 is 11.7. The molecule has 4 rings (SSSR count). The number of likely N-dealkylation sites (N-methyl/N-ethyl adjacent to an activating group) is 1. The number of hydrogen-bond donors (Lipinski definition) is 1. The Labute approximate surface area is 159 Å². The molecule has 0 spiro atoms. The number of H-pyrrole nitrogens is 1. The smallest absolute Gasteiger partial charge is 0.340 e. The third kappa shape index (κ3) is 3.19.